The van der Waals surface area contributed by atoms with Gasteiger partial charge in [-0.3, -0.25) is 4.79 Å². The van der Waals surface area contributed by atoms with Crippen LogP contribution in [0.2, 0.25) is 5.02 Å². The maximum atomic E-state index is 11.6. The second kappa shape index (κ2) is 5.38. The van der Waals surface area contributed by atoms with Gasteiger partial charge in [0.25, 0.3) is 5.91 Å². The molecule has 0 aliphatic carbocycles. The van der Waals surface area contributed by atoms with Crippen molar-refractivity contribution in [3.05, 3.63) is 28.8 Å². The zero-order valence-electron chi connectivity index (χ0n) is 8.83. The lowest BCUT2D eigenvalue weighted by atomic mass is 10.1. The van der Waals surface area contributed by atoms with Crippen molar-refractivity contribution in [2.75, 3.05) is 12.3 Å². The summed E-state index contributed by atoms with van der Waals surface area (Å²) in [4.78, 5) is 11.6. The lowest BCUT2D eigenvalue weighted by Crippen LogP contribution is -2.27. The molecule has 1 aromatic carbocycles. The molecule has 0 aliphatic rings. The first-order valence-electron chi connectivity index (χ1n) is 4.77. The van der Waals surface area contributed by atoms with E-state index in [0.29, 0.717) is 22.8 Å². The fraction of sp³-hybridized carbons (Fsp3) is 0.273. The molecule has 0 saturated carbocycles. The number of nitriles is 1. The number of hydrogen-bond donors (Lipinski definition) is 2. The topological polar surface area (TPSA) is 78.9 Å². The van der Waals surface area contributed by atoms with E-state index in [2.05, 4.69) is 5.32 Å². The van der Waals surface area contributed by atoms with Gasteiger partial charge >= 0.3 is 0 Å². The van der Waals surface area contributed by atoms with E-state index in [-0.39, 0.29) is 11.8 Å². The number of carbonyl (C=O) groups is 1. The Kier molecular flexibility index (Phi) is 4.15. The Labute approximate surface area is 99.0 Å². The van der Waals surface area contributed by atoms with Gasteiger partial charge in [0.2, 0.25) is 0 Å². The maximum Gasteiger partial charge on any atom is 0.251 e. The van der Waals surface area contributed by atoms with E-state index in [4.69, 9.17) is 22.6 Å². The van der Waals surface area contributed by atoms with Crippen LogP contribution in [0.1, 0.15) is 17.3 Å². The van der Waals surface area contributed by atoms with E-state index < -0.39 is 0 Å². The number of anilines is 1. The fourth-order valence-electron chi connectivity index (χ4n) is 1.14. The van der Waals surface area contributed by atoms with Crippen molar-refractivity contribution in [1.82, 2.24) is 5.32 Å². The van der Waals surface area contributed by atoms with Gasteiger partial charge in [-0.05, 0) is 25.1 Å². The number of nitrogens with one attached hydrogen (secondary N) is 1. The molecule has 0 spiro atoms. The monoisotopic (exact) mass is 237 g/mol. The SMILES string of the molecule is CC(C#N)CNC(=O)c1cc(N)cc(Cl)c1. The lowest BCUT2D eigenvalue weighted by Gasteiger charge is -2.07. The standard InChI is InChI=1S/C11H12ClN3O/c1-7(5-13)6-15-11(16)8-2-9(12)4-10(14)3-8/h2-4,7H,6,14H2,1H3,(H,15,16). The lowest BCUT2D eigenvalue weighted by molar-refractivity contribution is 0.0951. The van der Waals surface area contributed by atoms with Crippen molar-refractivity contribution in [2.45, 2.75) is 6.92 Å². The normalized spacial score (nSPS) is 11.6. The van der Waals surface area contributed by atoms with Crippen LogP contribution < -0.4 is 11.1 Å². The van der Waals surface area contributed by atoms with Gasteiger partial charge in [0.05, 0.1) is 12.0 Å². The number of hydrogen-bond acceptors (Lipinski definition) is 3. The number of benzene rings is 1. The van der Waals surface area contributed by atoms with E-state index in [0.717, 1.165) is 0 Å². The molecule has 0 bridgehead atoms. The number of rotatable bonds is 3. The van der Waals surface area contributed by atoms with Crippen LogP contribution in [0.3, 0.4) is 0 Å². The predicted molar refractivity (Wildman–Crippen MR) is 63.0 cm³/mol. The molecule has 1 atom stereocenters. The first-order valence-corrected chi connectivity index (χ1v) is 5.14. The van der Waals surface area contributed by atoms with Crippen LogP contribution in [0, 0.1) is 17.2 Å². The van der Waals surface area contributed by atoms with Crippen molar-refractivity contribution < 1.29 is 4.79 Å². The second-order valence-electron chi connectivity index (χ2n) is 3.51. The van der Waals surface area contributed by atoms with E-state index in [1.54, 1.807) is 13.0 Å². The van der Waals surface area contributed by atoms with Crippen molar-refractivity contribution in [3.63, 3.8) is 0 Å². The second-order valence-corrected chi connectivity index (χ2v) is 3.95. The molecule has 1 amide bonds. The Bertz CT molecular complexity index is 419. The summed E-state index contributed by atoms with van der Waals surface area (Å²) in [6, 6.07) is 6.67. The molecule has 0 fully saturated rings. The van der Waals surface area contributed by atoms with Gasteiger partial charge in [0.1, 0.15) is 0 Å². The Morgan fingerprint density at radius 2 is 2.31 bits per heavy atom. The minimum absolute atomic E-state index is 0.222. The Hall–Kier alpha value is -1.73. The largest absolute Gasteiger partial charge is 0.399 e. The fourth-order valence-corrected chi connectivity index (χ4v) is 1.38. The van der Waals surface area contributed by atoms with Gasteiger partial charge in [0.15, 0.2) is 0 Å². The Morgan fingerprint density at radius 3 is 2.88 bits per heavy atom. The Morgan fingerprint density at radius 1 is 1.62 bits per heavy atom. The molecule has 1 unspecified atom stereocenters. The van der Waals surface area contributed by atoms with Gasteiger partial charge in [-0.2, -0.15) is 5.26 Å². The third kappa shape index (κ3) is 3.44. The minimum atomic E-state index is -0.281. The van der Waals surface area contributed by atoms with Crippen LogP contribution in [-0.2, 0) is 0 Å². The summed E-state index contributed by atoms with van der Waals surface area (Å²) in [5.41, 5.74) is 6.40. The molecule has 0 aromatic heterocycles. The molecule has 0 heterocycles. The number of nitrogens with zero attached hydrogens (tertiary/aromatic N) is 1. The summed E-state index contributed by atoms with van der Waals surface area (Å²) in [7, 11) is 0. The van der Waals surface area contributed by atoms with Crippen LogP contribution >= 0.6 is 11.6 Å². The molecule has 0 aliphatic heterocycles. The molecule has 1 rings (SSSR count). The minimum Gasteiger partial charge on any atom is -0.399 e. The molecular weight excluding hydrogens is 226 g/mol. The first-order chi connectivity index (χ1) is 7.52. The third-order valence-electron chi connectivity index (χ3n) is 1.97. The van der Waals surface area contributed by atoms with Crippen molar-refractivity contribution >= 4 is 23.2 Å². The number of amides is 1. The molecule has 4 nitrogen and oxygen atoms in total. The maximum absolute atomic E-state index is 11.6. The highest BCUT2D eigenvalue weighted by atomic mass is 35.5. The van der Waals surface area contributed by atoms with Crippen molar-refractivity contribution in [3.8, 4) is 6.07 Å². The first kappa shape index (κ1) is 12.3. The Balaban J connectivity index is 2.70. The molecule has 5 heteroatoms. The van der Waals surface area contributed by atoms with Gasteiger partial charge in [-0.15, -0.1) is 0 Å². The molecular formula is C11H12ClN3O. The zero-order chi connectivity index (χ0) is 12.1. The van der Waals surface area contributed by atoms with Crippen LogP contribution in [0.25, 0.3) is 0 Å². The summed E-state index contributed by atoms with van der Waals surface area (Å²) in [5.74, 6) is -0.503. The van der Waals surface area contributed by atoms with E-state index >= 15 is 0 Å². The smallest absolute Gasteiger partial charge is 0.251 e. The summed E-state index contributed by atoms with van der Waals surface area (Å²) in [5, 5.41) is 11.6. The summed E-state index contributed by atoms with van der Waals surface area (Å²) < 4.78 is 0. The molecule has 0 saturated heterocycles. The summed E-state index contributed by atoms with van der Waals surface area (Å²) >= 11 is 5.77. The molecule has 1 aromatic rings. The average molecular weight is 238 g/mol. The van der Waals surface area contributed by atoms with E-state index in [9.17, 15) is 4.79 Å². The highest BCUT2D eigenvalue weighted by molar-refractivity contribution is 6.31. The third-order valence-corrected chi connectivity index (χ3v) is 2.19. The average Bonchev–Trinajstić information content (AvgIpc) is 2.23. The van der Waals surface area contributed by atoms with Crippen LogP contribution in [0.15, 0.2) is 18.2 Å². The van der Waals surface area contributed by atoms with E-state index in [1.165, 1.54) is 12.1 Å². The quantitative estimate of drug-likeness (QED) is 0.787. The van der Waals surface area contributed by atoms with Crippen LogP contribution in [-0.4, -0.2) is 12.5 Å². The van der Waals surface area contributed by atoms with Crippen molar-refractivity contribution in [1.29, 1.82) is 5.26 Å². The zero-order valence-corrected chi connectivity index (χ0v) is 9.58. The van der Waals surface area contributed by atoms with Gasteiger partial charge in [-0.25, -0.2) is 0 Å². The van der Waals surface area contributed by atoms with Crippen molar-refractivity contribution in [2.24, 2.45) is 5.92 Å². The highest BCUT2D eigenvalue weighted by Gasteiger charge is 2.08. The number of nitrogens with two attached hydrogens (primary N) is 1. The highest BCUT2D eigenvalue weighted by Crippen LogP contribution is 2.16. The summed E-state index contributed by atoms with van der Waals surface area (Å²) in [6.45, 7) is 2.04. The van der Waals surface area contributed by atoms with E-state index in [1.807, 2.05) is 6.07 Å². The van der Waals surface area contributed by atoms with Crippen LogP contribution in [0.4, 0.5) is 5.69 Å². The molecule has 0 radical (unpaired) electrons. The molecule has 16 heavy (non-hydrogen) atoms. The van der Waals surface area contributed by atoms with Gasteiger partial charge in [-0.1, -0.05) is 11.6 Å². The molecule has 3 N–H and O–H groups in total. The number of halogens is 1. The van der Waals surface area contributed by atoms with Gasteiger partial charge in [0, 0.05) is 22.8 Å². The number of nitrogen functional groups attached to an aromatic ring is 1. The summed E-state index contributed by atoms with van der Waals surface area (Å²) in [6.07, 6.45) is 0. The van der Waals surface area contributed by atoms with Gasteiger partial charge < -0.3 is 11.1 Å². The molecule has 84 valence electrons. The van der Waals surface area contributed by atoms with Crippen LogP contribution in [0.5, 0.6) is 0 Å². The number of carbonyl (C=O) groups excluding carboxylic acids is 1. The predicted octanol–water partition coefficient (Wildman–Crippen LogP) is 1.81.